The fourth-order valence-corrected chi connectivity index (χ4v) is 4.34. The zero-order valence-electron chi connectivity index (χ0n) is 23.4. The molecule has 0 aliphatic heterocycles. The van der Waals surface area contributed by atoms with Gasteiger partial charge in [0.15, 0.2) is 0 Å². The molecule has 8 heteroatoms. The Bertz CT molecular complexity index is 1890. The molecule has 0 aliphatic carbocycles. The molecule has 6 aromatic carbocycles. The van der Waals surface area contributed by atoms with E-state index in [4.69, 9.17) is 9.98 Å². The molecular formula is C36H26N6O2. The molecular weight excluding hydrogens is 548 g/mol. The van der Waals surface area contributed by atoms with Crippen molar-refractivity contribution in [3.8, 4) is 11.5 Å². The predicted octanol–water partition coefficient (Wildman–Crippen LogP) is 10.6. The van der Waals surface area contributed by atoms with Gasteiger partial charge in [-0.25, -0.2) is 0 Å². The number of phenolic OH excluding ortho intramolecular Hbond substituents is 2. The van der Waals surface area contributed by atoms with Crippen LogP contribution in [0.1, 0.15) is 11.1 Å². The van der Waals surface area contributed by atoms with Gasteiger partial charge in [-0.15, -0.1) is 0 Å². The number of fused-ring (bicyclic) bond motifs is 1. The summed E-state index contributed by atoms with van der Waals surface area (Å²) in [6.45, 7) is 0. The van der Waals surface area contributed by atoms with E-state index in [1.807, 2.05) is 97.1 Å². The van der Waals surface area contributed by atoms with E-state index in [2.05, 4.69) is 20.5 Å². The largest absolute Gasteiger partial charge is 0.507 e. The van der Waals surface area contributed by atoms with E-state index in [1.54, 1.807) is 48.8 Å². The molecule has 0 fully saturated rings. The molecule has 0 heterocycles. The molecule has 0 unspecified atom stereocenters. The lowest BCUT2D eigenvalue weighted by atomic mass is 10.1. The van der Waals surface area contributed by atoms with Crippen molar-refractivity contribution in [2.24, 2.45) is 30.4 Å². The van der Waals surface area contributed by atoms with Crippen LogP contribution < -0.4 is 0 Å². The summed E-state index contributed by atoms with van der Waals surface area (Å²) in [6, 6.07) is 40.5. The second-order valence-electron chi connectivity index (χ2n) is 9.76. The minimum atomic E-state index is 0.0599. The SMILES string of the molecule is Oc1ccc(N=Nc2ccccc2)cc1C=Nc1cc2ccccc2cc1N=Cc1cc(N=Nc2ccccc2)ccc1O. The molecule has 0 bridgehead atoms. The molecule has 0 aliphatic rings. The topological polar surface area (TPSA) is 115 Å². The second-order valence-corrected chi connectivity index (χ2v) is 9.76. The number of benzene rings is 6. The van der Waals surface area contributed by atoms with Crippen molar-refractivity contribution in [3.05, 3.63) is 145 Å². The Morgan fingerprint density at radius 2 is 0.773 bits per heavy atom. The van der Waals surface area contributed by atoms with Crippen molar-refractivity contribution in [2.45, 2.75) is 0 Å². The summed E-state index contributed by atoms with van der Waals surface area (Å²) < 4.78 is 0. The van der Waals surface area contributed by atoms with E-state index < -0.39 is 0 Å². The second kappa shape index (κ2) is 13.1. The van der Waals surface area contributed by atoms with Crippen LogP contribution in [0.25, 0.3) is 10.8 Å². The quantitative estimate of drug-likeness (QED) is 0.139. The highest BCUT2D eigenvalue weighted by Gasteiger charge is 2.07. The van der Waals surface area contributed by atoms with Crippen LogP contribution >= 0.6 is 0 Å². The molecule has 0 atom stereocenters. The lowest BCUT2D eigenvalue weighted by molar-refractivity contribution is 0.474. The summed E-state index contributed by atoms with van der Waals surface area (Å²) in [5.41, 5.74) is 4.72. The van der Waals surface area contributed by atoms with Crippen LogP contribution in [0.3, 0.4) is 0 Å². The van der Waals surface area contributed by atoms with Crippen LogP contribution in [0.2, 0.25) is 0 Å². The Morgan fingerprint density at radius 1 is 0.386 bits per heavy atom. The maximum Gasteiger partial charge on any atom is 0.124 e. The summed E-state index contributed by atoms with van der Waals surface area (Å²) in [6.07, 6.45) is 3.14. The molecule has 6 rings (SSSR count). The number of hydrogen-bond acceptors (Lipinski definition) is 8. The van der Waals surface area contributed by atoms with Crippen LogP contribution in [0.15, 0.2) is 164 Å². The minimum absolute atomic E-state index is 0.0599. The molecule has 0 radical (unpaired) electrons. The normalized spacial score (nSPS) is 11.9. The van der Waals surface area contributed by atoms with E-state index >= 15 is 0 Å². The van der Waals surface area contributed by atoms with Gasteiger partial charge in [-0.2, -0.15) is 20.5 Å². The monoisotopic (exact) mass is 574 g/mol. The molecule has 0 saturated carbocycles. The van der Waals surface area contributed by atoms with Gasteiger partial charge in [0, 0.05) is 23.6 Å². The molecule has 0 amide bonds. The van der Waals surface area contributed by atoms with Gasteiger partial charge in [-0.05, 0) is 83.6 Å². The maximum absolute atomic E-state index is 10.5. The van der Waals surface area contributed by atoms with Crippen LogP contribution in [0.4, 0.5) is 34.1 Å². The van der Waals surface area contributed by atoms with E-state index in [-0.39, 0.29) is 11.5 Å². The molecule has 0 saturated heterocycles. The van der Waals surface area contributed by atoms with Crippen molar-refractivity contribution in [1.29, 1.82) is 0 Å². The smallest absolute Gasteiger partial charge is 0.124 e. The van der Waals surface area contributed by atoms with Gasteiger partial charge in [0.05, 0.1) is 34.1 Å². The Balaban J connectivity index is 1.31. The summed E-state index contributed by atoms with van der Waals surface area (Å²) in [5, 5.41) is 40.1. The average Bonchev–Trinajstić information content (AvgIpc) is 3.07. The first-order chi connectivity index (χ1) is 21.6. The highest BCUT2D eigenvalue weighted by Crippen LogP contribution is 2.34. The number of rotatable bonds is 8. The first-order valence-electron chi connectivity index (χ1n) is 13.8. The summed E-state index contributed by atoms with van der Waals surface area (Å²) in [5.74, 6) is 0.120. The fourth-order valence-electron chi connectivity index (χ4n) is 4.34. The van der Waals surface area contributed by atoms with Crippen molar-refractivity contribution >= 4 is 57.3 Å². The van der Waals surface area contributed by atoms with Crippen molar-refractivity contribution in [1.82, 2.24) is 0 Å². The average molecular weight is 575 g/mol. The third-order valence-electron chi connectivity index (χ3n) is 6.62. The zero-order chi connectivity index (χ0) is 30.1. The highest BCUT2D eigenvalue weighted by molar-refractivity contribution is 5.96. The third-order valence-corrected chi connectivity index (χ3v) is 6.62. The summed E-state index contributed by atoms with van der Waals surface area (Å²) >= 11 is 0. The highest BCUT2D eigenvalue weighted by atomic mass is 16.3. The third kappa shape index (κ3) is 6.95. The number of aromatic hydroxyl groups is 2. The molecule has 0 spiro atoms. The standard InChI is InChI=1S/C36H26N6O2/c43-35-17-15-31(41-39-29-11-3-1-4-12-29)19-27(35)23-37-33-21-25-9-7-8-10-26(25)22-34(33)38-24-28-20-32(16-18-36(28)44)42-40-30-13-5-2-6-14-30/h1-24,43-44H. The van der Waals surface area contributed by atoms with Crippen molar-refractivity contribution in [2.75, 3.05) is 0 Å². The lowest BCUT2D eigenvalue weighted by Gasteiger charge is -2.06. The molecule has 8 nitrogen and oxygen atoms in total. The zero-order valence-corrected chi connectivity index (χ0v) is 23.4. The Hall–Kier alpha value is -6.28. The van der Waals surface area contributed by atoms with Gasteiger partial charge in [-0.1, -0.05) is 60.7 Å². The van der Waals surface area contributed by atoms with Gasteiger partial charge in [-0.3, -0.25) is 9.98 Å². The molecule has 2 N–H and O–H groups in total. The van der Waals surface area contributed by atoms with E-state index in [0.717, 1.165) is 22.1 Å². The van der Waals surface area contributed by atoms with Crippen molar-refractivity contribution < 1.29 is 10.2 Å². The Kier molecular flexibility index (Phi) is 8.32. The number of aliphatic imine (C=N–C) groups is 2. The Labute approximate surface area is 253 Å². The van der Waals surface area contributed by atoms with Gasteiger partial charge in [0.2, 0.25) is 0 Å². The van der Waals surface area contributed by atoms with E-state index in [9.17, 15) is 10.2 Å². The lowest BCUT2D eigenvalue weighted by Crippen LogP contribution is -1.84. The molecule has 212 valence electrons. The van der Waals surface area contributed by atoms with Crippen LogP contribution in [0, 0.1) is 0 Å². The number of nitrogens with zero attached hydrogens (tertiary/aromatic N) is 6. The minimum Gasteiger partial charge on any atom is -0.507 e. The molecule has 6 aromatic rings. The van der Waals surface area contributed by atoms with Gasteiger partial charge in [0.1, 0.15) is 11.5 Å². The summed E-state index contributed by atoms with van der Waals surface area (Å²) in [7, 11) is 0. The number of hydrogen-bond donors (Lipinski definition) is 2. The molecule has 44 heavy (non-hydrogen) atoms. The summed E-state index contributed by atoms with van der Waals surface area (Å²) in [4.78, 5) is 9.39. The van der Waals surface area contributed by atoms with Crippen LogP contribution in [0.5, 0.6) is 11.5 Å². The first kappa shape index (κ1) is 27.9. The maximum atomic E-state index is 10.5. The first-order valence-corrected chi connectivity index (χ1v) is 13.8. The predicted molar refractivity (Wildman–Crippen MR) is 176 cm³/mol. The molecule has 0 aromatic heterocycles. The van der Waals surface area contributed by atoms with Crippen molar-refractivity contribution in [3.63, 3.8) is 0 Å². The number of phenols is 2. The van der Waals surface area contributed by atoms with Crippen LogP contribution in [-0.2, 0) is 0 Å². The Morgan fingerprint density at radius 3 is 1.20 bits per heavy atom. The van der Waals surface area contributed by atoms with Gasteiger partial charge < -0.3 is 10.2 Å². The number of azo groups is 2. The van der Waals surface area contributed by atoms with Gasteiger partial charge >= 0.3 is 0 Å². The van der Waals surface area contributed by atoms with E-state index in [0.29, 0.717) is 33.9 Å². The van der Waals surface area contributed by atoms with E-state index in [1.165, 1.54) is 0 Å². The van der Waals surface area contributed by atoms with Gasteiger partial charge in [0.25, 0.3) is 0 Å². The fraction of sp³-hybridized carbons (Fsp3) is 0. The van der Waals surface area contributed by atoms with Crippen LogP contribution in [-0.4, -0.2) is 22.6 Å².